The van der Waals surface area contributed by atoms with Crippen LogP contribution in [-0.2, 0) is 15.7 Å². The monoisotopic (exact) mass is 376 g/mol. The number of nitrogens with two attached hydrogens (primary N) is 1. The van der Waals surface area contributed by atoms with Crippen LogP contribution in [0.5, 0.6) is 5.75 Å². The van der Waals surface area contributed by atoms with Crippen LogP contribution in [-0.4, -0.2) is 49.5 Å². The number of carbonyl (C=O) groups excluding carboxylic acids is 1. The van der Waals surface area contributed by atoms with Crippen LogP contribution in [0.1, 0.15) is 18.4 Å². The van der Waals surface area contributed by atoms with Crippen molar-refractivity contribution in [1.29, 1.82) is 0 Å². The van der Waals surface area contributed by atoms with Crippen molar-refractivity contribution in [2.45, 2.75) is 31.2 Å². The van der Waals surface area contributed by atoms with Crippen molar-refractivity contribution in [1.82, 2.24) is 5.32 Å². The molecular formula is C17H23F3N2O4. The first-order chi connectivity index (χ1) is 12.3. The summed E-state index contributed by atoms with van der Waals surface area (Å²) in [7, 11) is 0. The quantitative estimate of drug-likeness (QED) is 0.667. The highest BCUT2D eigenvalue weighted by atomic mass is 19.4. The second-order valence-electron chi connectivity index (χ2n) is 6.21. The Kier molecular flexibility index (Phi) is 7.24. The molecule has 0 saturated carbocycles. The normalized spacial score (nSPS) is 18.2. The molecule has 0 aromatic heterocycles. The number of rotatable bonds is 7. The van der Waals surface area contributed by atoms with Crippen LogP contribution in [0.25, 0.3) is 0 Å². The lowest BCUT2D eigenvalue weighted by Gasteiger charge is -2.27. The number of ether oxygens (including phenoxy) is 2. The lowest BCUT2D eigenvalue weighted by Crippen LogP contribution is -2.49. The number of amides is 1. The summed E-state index contributed by atoms with van der Waals surface area (Å²) in [5.74, 6) is -0.360. The van der Waals surface area contributed by atoms with Crippen LogP contribution in [0.3, 0.4) is 0 Å². The molecule has 1 amide bonds. The molecule has 6 nitrogen and oxygen atoms in total. The first kappa shape index (κ1) is 20.5. The van der Waals surface area contributed by atoms with Crippen LogP contribution in [0.2, 0.25) is 0 Å². The molecule has 2 rings (SSSR count). The van der Waals surface area contributed by atoms with Gasteiger partial charge in [-0.1, -0.05) is 6.07 Å². The number of aliphatic hydroxyl groups excluding tert-OH is 1. The Morgan fingerprint density at radius 2 is 2.08 bits per heavy atom. The third-order valence-corrected chi connectivity index (χ3v) is 4.19. The highest BCUT2D eigenvalue weighted by Crippen LogP contribution is 2.31. The molecule has 1 fully saturated rings. The first-order valence-corrected chi connectivity index (χ1v) is 8.36. The number of hydrogen-bond donors (Lipinski definition) is 3. The van der Waals surface area contributed by atoms with Gasteiger partial charge in [0, 0.05) is 19.8 Å². The topological polar surface area (TPSA) is 93.8 Å². The van der Waals surface area contributed by atoms with E-state index >= 15 is 0 Å². The van der Waals surface area contributed by atoms with E-state index in [1.54, 1.807) is 0 Å². The molecule has 0 aliphatic carbocycles. The van der Waals surface area contributed by atoms with Crippen molar-refractivity contribution in [2.75, 3.05) is 26.4 Å². The Morgan fingerprint density at radius 3 is 2.73 bits per heavy atom. The molecule has 0 radical (unpaired) electrons. The smallest absolute Gasteiger partial charge is 0.416 e. The van der Waals surface area contributed by atoms with Gasteiger partial charge < -0.3 is 25.6 Å². The van der Waals surface area contributed by atoms with Crippen molar-refractivity contribution < 1.29 is 32.5 Å². The molecule has 1 aliphatic rings. The van der Waals surface area contributed by atoms with Gasteiger partial charge in [-0.15, -0.1) is 0 Å². The molecule has 2 unspecified atom stereocenters. The van der Waals surface area contributed by atoms with Crippen molar-refractivity contribution in [3.63, 3.8) is 0 Å². The van der Waals surface area contributed by atoms with E-state index in [4.69, 9.17) is 15.2 Å². The Hall–Kier alpha value is -1.84. The van der Waals surface area contributed by atoms with Gasteiger partial charge in [-0.2, -0.15) is 13.2 Å². The Balaban J connectivity index is 1.75. The number of halogens is 3. The second kappa shape index (κ2) is 9.20. The number of aliphatic hydroxyl groups is 1. The molecule has 2 atom stereocenters. The zero-order chi connectivity index (χ0) is 19.2. The van der Waals surface area contributed by atoms with Crippen molar-refractivity contribution in [3.05, 3.63) is 29.8 Å². The summed E-state index contributed by atoms with van der Waals surface area (Å²) in [5.41, 5.74) is 5.08. The molecule has 0 spiro atoms. The van der Waals surface area contributed by atoms with E-state index in [0.29, 0.717) is 26.1 Å². The summed E-state index contributed by atoms with van der Waals surface area (Å²) in [4.78, 5) is 12.0. The lowest BCUT2D eigenvalue weighted by molar-refractivity contribution is -0.137. The summed E-state index contributed by atoms with van der Waals surface area (Å²) in [6.45, 7) is 0.779. The highest BCUT2D eigenvalue weighted by molar-refractivity contribution is 5.81. The number of hydrogen-bond acceptors (Lipinski definition) is 5. The van der Waals surface area contributed by atoms with Gasteiger partial charge in [0.15, 0.2) is 0 Å². The summed E-state index contributed by atoms with van der Waals surface area (Å²) >= 11 is 0. The predicted octanol–water partition coefficient (Wildman–Crippen LogP) is 1.32. The highest BCUT2D eigenvalue weighted by Gasteiger charge is 2.30. The van der Waals surface area contributed by atoms with E-state index in [1.165, 1.54) is 12.1 Å². The third kappa shape index (κ3) is 6.15. The molecule has 1 heterocycles. The maximum absolute atomic E-state index is 12.6. The average molecular weight is 376 g/mol. The zero-order valence-electron chi connectivity index (χ0n) is 14.2. The fourth-order valence-electron chi connectivity index (χ4n) is 2.64. The molecule has 0 bridgehead atoms. The van der Waals surface area contributed by atoms with Gasteiger partial charge in [0.2, 0.25) is 5.91 Å². The van der Waals surface area contributed by atoms with Gasteiger partial charge in [-0.3, -0.25) is 4.79 Å². The summed E-state index contributed by atoms with van der Waals surface area (Å²) in [5, 5.41) is 12.4. The molecule has 9 heteroatoms. The first-order valence-electron chi connectivity index (χ1n) is 8.36. The molecule has 26 heavy (non-hydrogen) atoms. The van der Waals surface area contributed by atoms with E-state index in [-0.39, 0.29) is 30.7 Å². The molecule has 1 aromatic rings. The number of carbonyl (C=O) groups is 1. The largest absolute Gasteiger partial charge is 0.491 e. The summed E-state index contributed by atoms with van der Waals surface area (Å²) < 4.78 is 48.3. The fourth-order valence-corrected chi connectivity index (χ4v) is 2.64. The minimum atomic E-state index is -4.47. The molecule has 1 saturated heterocycles. The second-order valence-corrected chi connectivity index (χ2v) is 6.21. The van der Waals surface area contributed by atoms with E-state index in [0.717, 1.165) is 12.1 Å². The van der Waals surface area contributed by atoms with Crippen LogP contribution >= 0.6 is 0 Å². The van der Waals surface area contributed by atoms with Crippen molar-refractivity contribution in [3.8, 4) is 5.75 Å². The van der Waals surface area contributed by atoms with E-state index in [9.17, 15) is 23.1 Å². The standard InChI is InChI=1S/C17H23F3N2O4/c18-17(19,20)12-2-1-3-14(8-12)26-10-13(23)9-22-16(24)15(21)11-4-6-25-7-5-11/h1-3,8,11,13,15,23H,4-7,9-10,21H2,(H,22,24). The predicted molar refractivity (Wildman–Crippen MR) is 87.5 cm³/mol. The third-order valence-electron chi connectivity index (χ3n) is 4.19. The van der Waals surface area contributed by atoms with Gasteiger partial charge in [0.05, 0.1) is 11.6 Å². The fraction of sp³-hybridized carbons (Fsp3) is 0.588. The van der Waals surface area contributed by atoms with Gasteiger partial charge in [0.25, 0.3) is 0 Å². The van der Waals surface area contributed by atoms with Crippen molar-refractivity contribution in [2.24, 2.45) is 11.7 Å². The SMILES string of the molecule is NC(C(=O)NCC(O)COc1cccc(C(F)(F)F)c1)C1CCOCC1. The van der Waals surface area contributed by atoms with Gasteiger partial charge >= 0.3 is 6.18 Å². The Morgan fingerprint density at radius 1 is 1.38 bits per heavy atom. The molecule has 1 aliphatic heterocycles. The number of benzene rings is 1. The molecule has 4 N–H and O–H groups in total. The van der Waals surface area contributed by atoms with Crippen LogP contribution in [0, 0.1) is 5.92 Å². The van der Waals surface area contributed by atoms with Crippen LogP contribution in [0.15, 0.2) is 24.3 Å². The Labute approximate surface area is 149 Å². The van der Waals surface area contributed by atoms with Crippen LogP contribution < -0.4 is 15.8 Å². The Bertz CT molecular complexity index is 592. The van der Waals surface area contributed by atoms with Crippen LogP contribution in [0.4, 0.5) is 13.2 Å². The van der Waals surface area contributed by atoms with Crippen molar-refractivity contribution >= 4 is 5.91 Å². The molecule has 1 aromatic carbocycles. The molecule has 146 valence electrons. The van der Waals surface area contributed by atoms with E-state index in [1.807, 2.05) is 0 Å². The number of alkyl halides is 3. The zero-order valence-corrected chi connectivity index (χ0v) is 14.2. The average Bonchev–Trinajstić information content (AvgIpc) is 2.64. The summed E-state index contributed by atoms with van der Waals surface area (Å²) in [6, 6.07) is 3.68. The maximum Gasteiger partial charge on any atom is 0.416 e. The van der Waals surface area contributed by atoms with E-state index < -0.39 is 23.9 Å². The van der Waals surface area contributed by atoms with Gasteiger partial charge in [-0.05, 0) is 37.0 Å². The maximum atomic E-state index is 12.6. The minimum absolute atomic E-state index is 0.0101. The molecular weight excluding hydrogens is 353 g/mol. The van der Waals surface area contributed by atoms with E-state index in [2.05, 4.69) is 5.32 Å². The van der Waals surface area contributed by atoms with Gasteiger partial charge in [0.1, 0.15) is 18.5 Å². The summed E-state index contributed by atoms with van der Waals surface area (Å²) in [6.07, 6.45) is -4.13. The number of nitrogens with one attached hydrogen (secondary N) is 1. The minimum Gasteiger partial charge on any atom is -0.491 e. The van der Waals surface area contributed by atoms with Gasteiger partial charge in [-0.25, -0.2) is 0 Å². The lowest BCUT2D eigenvalue weighted by atomic mass is 9.92.